The molecule has 0 unspecified atom stereocenters. The Morgan fingerprint density at radius 1 is 0.923 bits per heavy atom. The maximum absolute atomic E-state index is 5.98. The molecule has 0 aliphatic carbocycles. The molecule has 26 heavy (non-hydrogen) atoms. The minimum absolute atomic E-state index is 0.747. The molecule has 136 valence electrons. The molecule has 3 rings (SSSR count). The molecule has 3 aromatic rings. The maximum atomic E-state index is 5.98. The summed E-state index contributed by atoms with van der Waals surface area (Å²) >= 11 is 0. The summed E-state index contributed by atoms with van der Waals surface area (Å²) in [6.07, 6.45) is 2.00. The maximum Gasteiger partial charge on any atom is 0.124 e. The van der Waals surface area contributed by atoms with Gasteiger partial charge in [0.1, 0.15) is 11.5 Å². The van der Waals surface area contributed by atoms with Crippen LogP contribution in [0.4, 0.5) is 0 Å². The lowest BCUT2D eigenvalue weighted by Crippen LogP contribution is -2.17. The van der Waals surface area contributed by atoms with Crippen molar-refractivity contribution >= 4 is 10.8 Å². The van der Waals surface area contributed by atoms with Crippen molar-refractivity contribution in [3.63, 3.8) is 0 Å². The predicted octanol–water partition coefficient (Wildman–Crippen LogP) is 4.97. The second-order valence-corrected chi connectivity index (χ2v) is 6.39. The zero-order valence-corrected chi connectivity index (χ0v) is 15.6. The highest BCUT2D eigenvalue weighted by Gasteiger charge is 2.08. The van der Waals surface area contributed by atoms with Gasteiger partial charge < -0.3 is 14.8 Å². The molecule has 0 aromatic heterocycles. The number of benzene rings is 3. The molecule has 0 fully saturated rings. The van der Waals surface area contributed by atoms with E-state index in [0.29, 0.717) is 0 Å². The molecule has 0 saturated carbocycles. The van der Waals surface area contributed by atoms with Gasteiger partial charge in [-0.2, -0.15) is 0 Å². The number of rotatable bonds is 9. The second-order valence-electron chi connectivity index (χ2n) is 6.39. The third-order valence-corrected chi connectivity index (χ3v) is 4.51. The van der Waals surface area contributed by atoms with Gasteiger partial charge in [-0.25, -0.2) is 0 Å². The Morgan fingerprint density at radius 2 is 1.73 bits per heavy atom. The van der Waals surface area contributed by atoms with Gasteiger partial charge >= 0.3 is 0 Å². The van der Waals surface area contributed by atoms with Gasteiger partial charge in [0.05, 0.1) is 13.7 Å². The summed E-state index contributed by atoms with van der Waals surface area (Å²) in [6.45, 7) is 4.60. The molecule has 0 spiro atoms. The Balaban J connectivity index is 1.66. The first-order valence-electron chi connectivity index (χ1n) is 9.29. The van der Waals surface area contributed by atoms with Gasteiger partial charge in [0.2, 0.25) is 0 Å². The summed E-state index contributed by atoms with van der Waals surface area (Å²) < 4.78 is 11.2. The van der Waals surface area contributed by atoms with E-state index in [1.54, 1.807) is 7.11 Å². The molecule has 0 heterocycles. The Kier molecular flexibility index (Phi) is 6.50. The third kappa shape index (κ3) is 4.55. The highest BCUT2D eigenvalue weighted by atomic mass is 16.5. The van der Waals surface area contributed by atoms with E-state index < -0.39 is 0 Å². The SMILES string of the molecule is CCCOc1ccc2ccccc2c1CNCCc1ccc(OC)cc1. The van der Waals surface area contributed by atoms with Crippen LogP contribution in [0, 0.1) is 0 Å². The predicted molar refractivity (Wildman–Crippen MR) is 108 cm³/mol. The minimum Gasteiger partial charge on any atom is -0.497 e. The van der Waals surface area contributed by atoms with Gasteiger partial charge in [-0.05, 0) is 53.9 Å². The van der Waals surface area contributed by atoms with Crippen LogP contribution in [-0.4, -0.2) is 20.3 Å². The molecule has 1 N–H and O–H groups in total. The first kappa shape index (κ1) is 18.3. The van der Waals surface area contributed by atoms with E-state index in [0.717, 1.165) is 44.0 Å². The van der Waals surface area contributed by atoms with Crippen molar-refractivity contribution in [2.45, 2.75) is 26.3 Å². The van der Waals surface area contributed by atoms with E-state index in [1.165, 1.54) is 21.9 Å². The quantitative estimate of drug-likeness (QED) is 0.553. The number of methoxy groups -OCH3 is 1. The Hall–Kier alpha value is -2.52. The molecular formula is C23H27NO2. The van der Waals surface area contributed by atoms with Crippen molar-refractivity contribution in [2.24, 2.45) is 0 Å². The van der Waals surface area contributed by atoms with Crippen LogP contribution in [-0.2, 0) is 13.0 Å². The van der Waals surface area contributed by atoms with E-state index in [-0.39, 0.29) is 0 Å². The van der Waals surface area contributed by atoms with Crippen molar-refractivity contribution in [3.05, 3.63) is 71.8 Å². The number of hydrogen-bond donors (Lipinski definition) is 1. The van der Waals surface area contributed by atoms with Crippen molar-refractivity contribution in [2.75, 3.05) is 20.3 Å². The van der Waals surface area contributed by atoms with Gasteiger partial charge in [0.15, 0.2) is 0 Å². The van der Waals surface area contributed by atoms with Crippen molar-refractivity contribution < 1.29 is 9.47 Å². The molecule has 0 aliphatic heterocycles. The molecule has 3 nitrogen and oxygen atoms in total. The zero-order valence-electron chi connectivity index (χ0n) is 15.6. The topological polar surface area (TPSA) is 30.5 Å². The number of nitrogens with one attached hydrogen (secondary N) is 1. The van der Waals surface area contributed by atoms with Crippen molar-refractivity contribution in [3.8, 4) is 11.5 Å². The van der Waals surface area contributed by atoms with Gasteiger partial charge in [0, 0.05) is 12.1 Å². The lowest BCUT2D eigenvalue weighted by molar-refractivity contribution is 0.314. The van der Waals surface area contributed by atoms with E-state index in [2.05, 4.69) is 60.8 Å². The summed E-state index contributed by atoms with van der Waals surface area (Å²) in [6, 6.07) is 21.0. The van der Waals surface area contributed by atoms with Crippen LogP contribution >= 0.6 is 0 Å². The summed E-state index contributed by atoms with van der Waals surface area (Å²) in [7, 11) is 1.69. The van der Waals surface area contributed by atoms with E-state index in [1.807, 2.05) is 12.1 Å². The van der Waals surface area contributed by atoms with Crippen LogP contribution in [0.2, 0.25) is 0 Å². The van der Waals surface area contributed by atoms with E-state index in [9.17, 15) is 0 Å². The average Bonchev–Trinajstić information content (AvgIpc) is 2.70. The molecule has 3 heteroatoms. The fraction of sp³-hybridized carbons (Fsp3) is 0.304. The van der Waals surface area contributed by atoms with Crippen LogP contribution in [0.5, 0.6) is 11.5 Å². The summed E-state index contributed by atoms with van der Waals surface area (Å²) in [5, 5.41) is 6.09. The fourth-order valence-corrected chi connectivity index (χ4v) is 3.08. The van der Waals surface area contributed by atoms with Gasteiger partial charge in [-0.15, -0.1) is 0 Å². The molecule has 0 bridgehead atoms. The minimum atomic E-state index is 0.747. The largest absolute Gasteiger partial charge is 0.497 e. The molecule has 0 radical (unpaired) electrons. The van der Waals surface area contributed by atoms with Crippen molar-refractivity contribution in [1.82, 2.24) is 5.32 Å². The molecular weight excluding hydrogens is 322 g/mol. The number of fused-ring (bicyclic) bond motifs is 1. The molecule has 3 aromatic carbocycles. The lowest BCUT2D eigenvalue weighted by Gasteiger charge is -2.15. The third-order valence-electron chi connectivity index (χ3n) is 4.51. The van der Waals surface area contributed by atoms with Gasteiger partial charge in [0.25, 0.3) is 0 Å². The summed E-state index contributed by atoms with van der Waals surface area (Å²) in [5.41, 5.74) is 2.55. The number of hydrogen-bond acceptors (Lipinski definition) is 3. The average molecular weight is 349 g/mol. The van der Waals surface area contributed by atoms with E-state index in [4.69, 9.17) is 9.47 Å². The molecule has 0 saturated heterocycles. The first-order chi connectivity index (χ1) is 12.8. The van der Waals surface area contributed by atoms with Crippen LogP contribution in [0.15, 0.2) is 60.7 Å². The molecule has 0 amide bonds. The smallest absolute Gasteiger partial charge is 0.124 e. The second kappa shape index (κ2) is 9.25. The monoisotopic (exact) mass is 349 g/mol. The zero-order chi connectivity index (χ0) is 18.2. The summed E-state index contributed by atoms with van der Waals surface area (Å²) in [4.78, 5) is 0. The summed E-state index contributed by atoms with van der Waals surface area (Å²) in [5.74, 6) is 1.89. The highest BCUT2D eigenvalue weighted by Crippen LogP contribution is 2.28. The molecule has 0 aliphatic rings. The van der Waals surface area contributed by atoms with Gasteiger partial charge in [-0.1, -0.05) is 49.4 Å². The Bertz CT molecular complexity index is 827. The fourth-order valence-electron chi connectivity index (χ4n) is 3.08. The normalized spacial score (nSPS) is 10.8. The van der Waals surface area contributed by atoms with Crippen LogP contribution < -0.4 is 14.8 Å². The Labute approximate surface area is 156 Å². The van der Waals surface area contributed by atoms with Crippen LogP contribution in [0.25, 0.3) is 10.8 Å². The first-order valence-corrected chi connectivity index (χ1v) is 9.29. The van der Waals surface area contributed by atoms with Gasteiger partial charge in [-0.3, -0.25) is 0 Å². The van der Waals surface area contributed by atoms with E-state index >= 15 is 0 Å². The Morgan fingerprint density at radius 3 is 2.50 bits per heavy atom. The van der Waals surface area contributed by atoms with Crippen LogP contribution in [0.1, 0.15) is 24.5 Å². The van der Waals surface area contributed by atoms with Crippen molar-refractivity contribution in [1.29, 1.82) is 0 Å². The number of ether oxygens (including phenoxy) is 2. The highest BCUT2D eigenvalue weighted by molar-refractivity contribution is 5.87. The molecule has 0 atom stereocenters. The van der Waals surface area contributed by atoms with Crippen LogP contribution in [0.3, 0.4) is 0 Å². The lowest BCUT2D eigenvalue weighted by atomic mass is 10.0. The standard InChI is InChI=1S/C23H27NO2/c1-3-16-26-23-13-10-19-6-4-5-7-21(19)22(23)17-24-15-14-18-8-11-20(25-2)12-9-18/h4-13,24H,3,14-17H2,1-2H3.